The Kier molecular flexibility index (Phi) is 7.23. The van der Waals surface area contributed by atoms with Crippen molar-refractivity contribution in [1.82, 2.24) is 0 Å². The third-order valence-corrected chi connectivity index (χ3v) is 4.88. The average Bonchev–Trinajstić information content (AvgIpc) is 2.30. The molecule has 0 aliphatic carbocycles. The SMILES string of the molecule is CC(CO)SCC(=O)Nc1c(Br)cc(Br)cc1Br. The molecule has 100 valence electrons. The van der Waals surface area contributed by atoms with E-state index in [-0.39, 0.29) is 17.8 Å². The number of amides is 1. The van der Waals surface area contributed by atoms with Gasteiger partial charge in [0.2, 0.25) is 5.91 Å². The molecule has 18 heavy (non-hydrogen) atoms. The fraction of sp³-hybridized carbons (Fsp3) is 0.364. The number of carbonyl (C=O) groups excluding carboxylic acids is 1. The van der Waals surface area contributed by atoms with Crippen LogP contribution in [0.25, 0.3) is 0 Å². The van der Waals surface area contributed by atoms with Crippen molar-refractivity contribution in [2.45, 2.75) is 12.2 Å². The zero-order valence-corrected chi connectivity index (χ0v) is 15.1. The van der Waals surface area contributed by atoms with E-state index in [1.165, 1.54) is 11.8 Å². The predicted octanol–water partition coefficient (Wildman–Crippen LogP) is 4.03. The van der Waals surface area contributed by atoms with Crippen LogP contribution in [0.5, 0.6) is 0 Å². The fourth-order valence-corrected chi connectivity index (χ4v) is 4.18. The molecule has 0 saturated heterocycles. The van der Waals surface area contributed by atoms with Crippen LogP contribution in [0.4, 0.5) is 5.69 Å². The van der Waals surface area contributed by atoms with Crippen LogP contribution in [0.2, 0.25) is 0 Å². The molecule has 0 aromatic heterocycles. The Morgan fingerprint density at radius 3 is 2.44 bits per heavy atom. The zero-order chi connectivity index (χ0) is 13.7. The molecule has 1 aromatic carbocycles. The van der Waals surface area contributed by atoms with Crippen LogP contribution >= 0.6 is 59.6 Å². The topological polar surface area (TPSA) is 49.3 Å². The van der Waals surface area contributed by atoms with E-state index in [1.807, 2.05) is 19.1 Å². The maximum Gasteiger partial charge on any atom is 0.234 e. The molecule has 0 aliphatic rings. The van der Waals surface area contributed by atoms with Gasteiger partial charge in [0.1, 0.15) is 0 Å². The summed E-state index contributed by atoms with van der Waals surface area (Å²) < 4.78 is 2.53. The number of aliphatic hydroxyl groups is 1. The van der Waals surface area contributed by atoms with Gasteiger partial charge in [0.15, 0.2) is 0 Å². The van der Waals surface area contributed by atoms with Crippen LogP contribution in [-0.2, 0) is 4.79 Å². The second-order valence-corrected chi connectivity index (χ2v) is 7.65. The van der Waals surface area contributed by atoms with Gasteiger partial charge in [0.05, 0.1) is 18.0 Å². The normalized spacial score (nSPS) is 12.3. The minimum atomic E-state index is -0.0935. The number of anilines is 1. The first-order chi connectivity index (χ1) is 8.43. The molecule has 7 heteroatoms. The van der Waals surface area contributed by atoms with Crippen LogP contribution in [0, 0.1) is 0 Å². The van der Waals surface area contributed by atoms with Crippen molar-refractivity contribution >= 4 is 71.1 Å². The van der Waals surface area contributed by atoms with Gasteiger partial charge < -0.3 is 10.4 Å². The lowest BCUT2D eigenvalue weighted by atomic mass is 10.3. The van der Waals surface area contributed by atoms with Gasteiger partial charge in [-0.15, -0.1) is 11.8 Å². The Morgan fingerprint density at radius 2 is 1.94 bits per heavy atom. The summed E-state index contributed by atoms with van der Waals surface area (Å²) in [5.41, 5.74) is 0.709. The molecule has 2 N–H and O–H groups in total. The summed E-state index contributed by atoms with van der Waals surface area (Å²) in [7, 11) is 0. The van der Waals surface area contributed by atoms with E-state index in [9.17, 15) is 4.79 Å². The number of halogens is 3. The molecular weight excluding hydrogens is 450 g/mol. The van der Waals surface area contributed by atoms with Crippen molar-refractivity contribution in [3.63, 3.8) is 0 Å². The lowest BCUT2D eigenvalue weighted by Gasteiger charge is -2.11. The molecule has 0 spiro atoms. The first-order valence-electron chi connectivity index (χ1n) is 5.11. The molecule has 0 bridgehead atoms. The maximum atomic E-state index is 11.8. The fourth-order valence-electron chi connectivity index (χ4n) is 1.11. The third-order valence-electron chi connectivity index (χ3n) is 2.03. The van der Waals surface area contributed by atoms with Gasteiger partial charge >= 0.3 is 0 Å². The molecule has 0 fully saturated rings. The lowest BCUT2D eigenvalue weighted by molar-refractivity contribution is -0.113. The smallest absolute Gasteiger partial charge is 0.234 e. The Bertz CT molecular complexity index is 419. The second-order valence-electron chi connectivity index (χ2n) is 3.60. The minimum absolute atomic E-state index is 0.0625. The molecule has 0 saturated carbocycles. The Labute approximate surface area is 135 Å². The molecule has 1 unspecified atom stereocenters. The van der Waals surface area contributed by atoms with Gasteiger partial charge in [-0.05, 0) is 44.0 Å². The Morgan fingerprint density at radius 1 is 1.39 bits per heavy atom. The van der Waals surface area contributed by atoms with Gasteiger partial charge in [0, 0.05) is 18.7 Å². The Balaban J connectivity index is 2.65. The van der Waals surface area contributed by atoms with Crippen LogP contribution < -0.4 is 5.32 Å². The summed E-state index contributed by atoms with van der Waals surface area (Å²) in [6.45, 7) is 1.95. The number of benzene rings is 1. The van der Waals surface area contributed by atoms with Gasteiger partial charge in [-0.25, -0.2) is 0 Å². The summed E-state index contributed by atoms with van der Waals surface area (Å²) in [4.78, 5) is 11.8. The standard InChI is InChI=1S/C11H12Br3NO2S/c1-6(4-16)18-5-10(17)15-11-8(13)2-7(12)3-9(11)14/h2-3,6,16H,4-5H2,1H3,(H,15,17). The number of carbonyl (C=O) groups is 1. The summed E-state index contributed by atoms with van der Waals surface area (Å²) in [6.07, 6.45) is 0. The number of aliphatic hydroxyl groups excluding tert-OH is 1. The van der Waals surface area contributed by atoms with Crippen molar-refractivity contribution in [2.75, 3.05) is 17.7 Å². The van der Waals surface area contributed by atoms with E-state index in [1.54, 1.807) is 0 Å². The lowest BCUT2D eigenvalue weighted by Crippen LogP contribution is -2.17. The minimum Gasteiger partial charge on any atom is -0.395 e. The quantitative estimate of drug-likeness (QED) is 0.696. The van der Waals surface area contributed by atoms with E-state index in [4.69, 9.17) is 5.11 Å². The maximum absolute atomic E-state index is 11.8. The number of rotatable bonds is 5. The van der Waals surface area contributed by atoms with E-state index in [0.29, 0.717) is 11.4 Å². The third kappa shape index (κ3) is 5.21. The van der Waals surface area contributed by atoms with Crippen molar-refractivity contribution in [2.24, 2.45) is 0 Å². The number of thioether (sulfide) groups is 1. The predicted molar refractivity (Wildman–Crippen MR) is 87.2 cm³/mol. The highest BCUT2D eigenvalue weighted by atomic mass is 79.9. The Hall–Kier alpha value is 0.440. The zero-order valence-electron chi connectivity index (χ0n) is 9.54. The molecule has 1 aromatic rings. The number of hydrogen-bond acceptors (Lipinski definition) is 3. The number of nitrogens with one attached hydrogen (secondary N) is 1. The summed E-state index contributed by atoms with van der Waals surface area (Å²) >= 11 is 11.6. The van der Waals surface area contributed by atoms with Crippen molar-refractivity contribution in [3.8, 4) is 0 Å². The van der Waals surface area contributed by atoms with Gasteiger partial charge in [-0.3, -0.25) is 4.79 Å². The highest BCUT2D eigenvalue weighted by Gasteiger charge is 2.11. The van der Waals surface area contributed by atoms with Crippen LogP contribution in [0.1, 0.15) is 6.92 Å². The molecule has 3 nitrogen and oxygen atoms in total. The average molecular weight is 462 g/mol. The molecule has 1 rings (SSSR count). The van der Waals surface area contributed by atoms with Gasteiger partial charge in [-0.2, -0.15) is 0 Å². The largest absolute Gasteiger partial charge is 0.395 e. The highest BCUT2D eigenvalue weighted by Crippen LogP contribution is 2.34. The van der Waals surface area contributed by atoms with E-state index in [2.05, 4.69) is 53.1 Å². The summed E-state index contributed by atoms with van der Waals surface area (Å²) in [6, 6.07) is 3.73. The molecule has 1 amide bonds. The molecule has 0 radical (unpaired) electrons. The van der Waals surface area contributed by atoms with E-state index >= 15 is 0 Å². The summed E-state index contributed by atoms with van der Waals surface area (Å²) in [5.74, 6) is 0.223. The molecular formula is C11H12Br3NO2S. The van der Waals surface area contributed by atoms with Crippen molar-refractivity contribution in [3.05, 3.63) is 25.6 Å². The monoisotopic (exact) mass is 459 g/mol. The van der Waals surface area contributed by atoms with Crippen LogP contribution in [0.15, 0.2) is 25.6 Å². The van der Waals surface area contributed by atoms with Crippen molar-refractivity contribution < 1.29 is 9.90 Å². The van der Waals surface area contributed by atoms with Crippen LogP contribution in [0.3, 0.4) is 0 Å². The molecule has 0 heterocycles. The highest BCUT2D eigenvalue weighted by molar-refractivity contribution is 9.11. The summed E-state index contributed by atoms with van der Waals surface area (Å²) in [5, 5.41) is 11.8. The first-order valence-corrected chi connectivity index (χ1v) is 8.53. The molecule has 1 atom stereocenters. The van der Waals surface area contributed by atoms with E-state index < -0.39 is 0 Å². The number of hydrogen-bond donors (Lipinski definition) is 2. The van der Waals surface area contributed by atoms with Crippen molar-refractivity contribution in [1.29, 1.82) is 0 Å². The first kappa shape index (κ1) is 16.5. The van der Waals surface area contributed by atoms with Crippen LogP contribution in [-0.4, -0.2) is 28.6 Å². The second kappa shape index (κ2) is 7.89. The van der Waals surface area contributed by atoms with Gasteiger partial charge in [0.25, 0.3) is 0 Å². The van der Waals surface area contributed by atoms with Gasteiger partial charge in [-0.1, -0.05) is 22.9 Å². The molecule has 0 aliphatic heterocycles. The van der Waals surface area contributed by atoms with E-state index in [0.717, 1.165) is 13.4 Å².